The minimum absolute atomic E-state index is 0.00372. The first kappa shape index (κ1) is 17.1. The minimum atomic E-state index is -0.458. The highest BCUT2D eigenvalue weighted by molar-refractivity contribution is 6.01. The van der Waals surface area contributed by atoms with Crippen LogP contribution in [0.3, 0.4) is 0 Å². The van der Waals surface area contributed by atoms with Gasteiger partial charge in [0.15, 0.2) is 5.78 Å². The van der Waals surface area contributed by atoms with E-state index >= 15 is 0 Å². The van der Waals surface area contributed by atoms with Crippen LogP contribution in [0.15, 0.2) is 71.9 Å². The molecule has 0 aliphatic carbocycles. The van der Waals surface area contributed by atoms with E-state index in [1.165, 1.54) is 0 Å². The van der Waals surface area contributed by atoms with Gasteiger partial charge >= 0.3 is 0 Å². The van der Waals surface area contributed by atoms with Crippen LogP contribution >= 0.6 is 0 Å². The SMILES string of the molecule is COc1ccc([C@H]2N=Cc3cccn3[C@@H]2C(=O)c2cccc(OC)c2)cc1. The van der Waals surface area contributed by atoms with Gasteiger partial charge in [0.1, 0.15) is 23.6 Å². The van der Waals surface area contributed by atoms with Gasteiger partial charge in [0.05, 0.1) is 19.9 Å². The molecule has 136 valence electrons. The predicted molar refractivity (Wildman–Crippen MR) is 104 cm³/mol. The number of methoxy groups -OCH3 is 2. The van der Waals surface area contributed by atoms with E-state index in [1.54, 1.807) is 20.3 Å². The van der Waals surface area contributed by atoms with Crippen molar-refractivity contribution in [2.45, 2.75) is 12.1 Å². The smallest absolute Gasteiger partial charge is 0.188 e. The molecule has 0 fully saturated rings. The van der Waals surface area contributed by atoms with Crippen molar-refractivity contribution in [2.24, 2.45) is 4.99 Å². The molecule has 0 amide bonds. The van der Waals surface area contributed by atoms with E-state index in [0.29, 0.717) is 11.3 Å². The van der Waals surface area contributed by atoms with Crippen molar-refractivity contribution in [1.29, 1.82) is 0 Å². The van der Waals surface area contributed by atoms with Crippen LogP contribution in [0, 0.1) is 0 Å². The predicted octanol–water partition coefficient (Wildman–Crippen LogP) is 4.10. The Morgan fingerprint density at radius 1 is 0.963 bits per heavy atom. The summed E-state index contributed by atoms with van der Waals surface area (Å²) in [6.07, 6.45) is 3.75. The number of carbonyl (C=O) groups excluding carboxylic acids is 1. The van der Waals surface area contributed by atoms with Gasteiger partial charge in [-0.1, -0.05) is 24.3 Å². The van der Waals surface area contributed by atoms with Crippen molar-refractivity contribution < 1.29 is 14.3 Å². The summed E-state index contributed by atoms with van der Waals surface area (Å²) in [7, 11) is 3.23. The summed E-state index contributed by atoms with van der Waals surface area (Å²) in [6.45, 7) is 0. The third-order valence-corrected chi connectivity index (χ3v) is 4.86. The van der Waals surface area contributed by atoms with E-state index in [0.717, 1.165) is 17.0 Å². The fourth-order valence-corrected chi connectivity index (χ4v) is 3.45. The van der Waals surface area contributed by atoms with E-state index in [4.69, 9.17) is 14.5 Å². The summed E-state index contributed by atoms with van der Waals surface area (Å²) >= 11 is 0. The van der Waals surface area contributed by atoms with Crippen LogP contribution in [-0.2, 0) is 0 Å². The van der Waals surface area contributed by atoms with Crippen LogP contribution in [0.25, 0.3) is 0 Å². The van der Waals surface area contributed by atoms with Gasteiger partial charge in [-0.25, -0.2) is 0 Å². The third kappa shape index (κ3) is 3.12. The van der Waals surface area contributed by atoms with Crippen LogP contribution in [0.2, 0.25) is 0 Å². The number of rotatable bonds is 5. The normalized spacial score (nSPS) is 18.0. The number of ketones is 1. The van der Waals surface area contributed by atoms with Gasteiger partial charge in [0, 0.05) is 18.0 Å². The molecule has 1 aliphatic heterocycles. The molecule has 0 saturated carbocycles. The highest BCUT2D eigenvalue weighted by Crippen LogP contribution is 2.37. The maximum atomic E-state index is 13.5. The maximum absolute atomic E-state index is 13.5. The van der Waals surface area contributed by atoms with Crippen molar-refractivity contribution in [2.75, 3.05) is 14.2 Å². The Hall–Kier alpha value is -3.34. The van der Waals surface area contributed by atoms with Crippen LogP contribution in [0.4, 0.5) is 0 Å². The fraction of sp³-hybridized carbons (Fsp3) is 0.182. The average molecular weight is 360 g/mol. The van der Waals surface area contributed by atoms with Gasteiger partial charge in [0.25, 0.3) is 0 Å². The summed E-state index contributed by atoms with van der Waals surface area (Å²) in [5.74, 6) is 1.44. The highest BCUT2D eigenvalue weighted by Gasteiger charge is 2.34. The summed E-state index contributed by atoms with van der Waals surface area (Å²) in [6, 6.07) is 18.1. The van der Waals surface area contributed by atoms with Gasteiger partial charge < -0.3 is 14.0 Å². The molecule has 5 heteroatoms. The molecule has 0 unspecified atom stereocenters. The Kier molecular flexibility index (Phi) is 4.50. The Bertz CT molecular complexity index is 989. The second kappa shape index (κ2) is 7.11. The molecule has 2 heterocycles. The van der Waals surface area contributed by atoms with Gasteiger partial charge in [-0.3, -0.25) is 9.79 Å². The molecule has 1 aliphatic rings. The molecule has 0 radical (unpaired) electrons. The lowest BCUT2D eigenvalue weighted by Crippen LogP contribution is -2.29. The van der Waals surface area contributed by atoms with Crippen molar-refractivity contribution in [3.63, 3.8) is 0 Å². The average Bonchev–Trinajstić information content (AvgIpc) is 3.21. The second-order valence-corrected chi connectivity index (χ2v) is 6.38. The first-order chi connectivity index (χ1) is 13.2. The van der Waals surface area contributed by atoms with Crippen molar-refractivity contribution in [1.82, 2.24) is 4.57 Å². The van der Waals surface area contributed by atoms with Crippen molar-refractivity contribution in [3.8, 4) is 11.5 Å². The number of fused-ring (bicyclic) bond motifs is 1. The molecule has 2 aromatic carbocycles. The quantitative estimate of drug-likeness (QED) is 0.644. The second-order valence-electron chi connectivity index (χ2n) is 6.38. The van der Waals surface area contributed by atoms with E-state index in [9.17, 15) is 4.79 Å². The van der Waals surface area contributed by atoms with E-state index in [1.807, 2.05) is 71.6 Å². The molecule has 4 rings (SSSR count). The fourth-order valence-electron chi connectivity index (χ4n) is 3.45. The number of nitrogens with zero attached hydrogens (tertiary/aromatic N) is 2. The molecular weight excluding hydrogens is 340 g/mol. The zero-order chi connectivity index (χ0) is 18.8. The zero-order valence-corrected chi connectivity index (χ0v) is 15.2. The maximum Gasteiger partial charge on any atom is 0.188 e. The van der Waals surface area contributed by atoms with Crippen molar-refractivity contribution >= 4 is 12.0 Å². The molecule has 0 N–H and O–H groups in total. The molecular formula is C22H20N2O3. The topological polar surface area (TPSA) is 52.8 Å². The number of hydrogen-bond donors (Lipinski definition) is 0. The molecule has 0 spiro atoms. The first-order valence-corrected chi connectivity index (χ1v) is 8.73. The summed E-state index contributed by atoms with van der Waals surface area (Å²) < 4.78 is 12.5. The van der Waals surface area contributed by atoms with Crippen molar-refractivity contribution in [3.05, 3.63) is 83.7 Å². The van der Waals surface area contributed by atoms with Gasteiger partial charge in [0.2, 0.25) is 0 Å². The molecule has 5 nitrogen and oxygen atoms in total. The van der Waals surface area contributed by atoms with Crippen LogP contribution in [0.1, 0.15) is 33.7 Å². The number of aliphatic imine (C=N–C) groups is 1. The Labute approximate surface area is 157 Å². The number of carbonyl (C=O) groups is 1. The van der Waals surface area contributed by atoms with Gasteiger partial charge in [-0.2, -0.15) is 0 Å². The van der Waals surface area contributed by atoms with Crippen LogP contribution in [0.5, 0.6) is 11.5 Å². The van der Waals surface area contributed by atoms with E-state index in [-0.39, 0.29) is 11.8 Å². The Morgan fingerprint density at radius 3 is 2.48 bits per heavy atom. The number of benzene rings is 2. The number of aromatic nitrogens is 1. The van der Waals surface area contributed by atoms with Gasteiger partial charge in [-0.05, 0) is 42.0 Å². The lowest BCUT2D eigenvalue weighted by molar-refractivity contribution is 0.0905. The van der Waals surface area contributed by atoms with Crippen LogP contribution in [-0.4, -0.2) is 30.8 Å². The Morgan fingerprint density at radius 2 is 1.74 bits per heavy atom. The number of hydrogen-bond acceptors (Lipinski definition) is 4. The third-order valence-electron chi connectivity index (χ3n) is 4.86. The standard InChI is InChI=1S/C22H20N2O3/c1-26-18-10-8-15(9-11-18)20-21(24-12-4-6-17(24)14-23-20)22(25)16-5-3-7-19(13-16)27-2/h3-14,20-21H,1-2H3/t20-,21+/m1/s1. The summed E-state index contributed by atoms with van der Waals surface area (Å²) in [5, 5.41) is 0. The molecule has 1 aromatic heterocycles. The molecule has 0 saturated heterocycles. The molecule has 2 atom stereocenters. The monoisotopic (exact) mass is 360 g/mol. The highest BCUT2D eigenvalue weighted by atomic mass is 16.5. The van der Waals surface area contributed by atoms with E-state index < -0.39 is 6.04 Å². The molecule has 3 aromatic rings. The number of Topliss-reactive ketones (excluding diaryl/α,β-unsaturated/α-hetero) is 1. The van der Waals surface area contributed by atoms with E-state index in [2.05, 4.69) is 0 Å². The summed E-state index contributed by atoms with van der Waals surface area (Å²) in [5.41, 5.74) is 2.49. The molecule has 27 heavy (non-hydrogen) atoms. The van der Waals surface area contributed by atoms with Crippen LogP contribution < -0.4 is 9.47 Å². The first-order valence-electron chi connectivity index (χ1n) is 8.73. The minimum Gasteiger partial charge on any atom is -0.497 e. The summed E-state index contributed by atoms with van der Waals surface area (Å²) in [4.78, 5) is 18.2. The molecule has 0 bridgehead atoms. The lowest BCUT2D eigenvalue weighted by Gasteiger charge is -2.29. The zero-order valence-electron chi connectivity index (χ0n) is 15.2. The Balaban J connectivity index is 1.77. The number of ether oxygens (including phenoxy) is 2. The largest absolute Gasteiger partial charge is 0.497 e. The lowest BCUT2D eigenvalue weighted by atomic mass is 9.91. The van der Waals surface area contributed by atoms with Gasteiger partial charge in [-0.15, -0.1) is 0 Å².